The monoisotopic (exact) mass is 227 g/mol. The lowest BCUT2D eigenvalue weighted by Gasteiger charge is -2.15. The zero-order valence-electron chi connectivity index (χ0n) is 9.92. The summed E-state index contributed by atoms with van der Waals surface area (Å²) in [6.45, 7) is 3.56. The third-order valence-corrected chi connectivity index (χ3v) is 3.32. The van der Waals surface area contributed by atoms with Gasteiger partial charge in [0.15, 0.2) is 0 Å². The Hall–Kier alpha value is -1.61. The van der Waals surface area contributed by atoms with Crippen molar-refractivity contribution in [3.63, 3.8) is 0 Å². The third-order valence-electron chi connectivity index (χ3n) is 3.32. The number of hydrogen-bond acceptors (Lipinski definition) is 2. The molecule has 0 amide bonds. The third kappa shape index (κ3) is 2.39. The number of imidazole rings is 1. The van der Waals surface area contributed by atoms with E-state index in [9.17, 15) is 0 Å². The normalized spacial score (nSPS) is 16.5. The quantitative estimate of drug-likeness (QED) is 0.803. The molecule has 17 heavy (non-hydrogen) atoms. The number of nitrogens with zero attached hydrogens (tertiary/aromatic N) is 3. The minimum atomic E-state index is 1.07. The zero-order chi connectivity index (χ0) is 11.5. The minimum Gasteiger partial charge on any atom is -0.306 e. The SMILES string of the molecule is c1cc(CN2CCCC2)cc(-n2ccnc2)c1. The Morgan fingerprint density at radius 2 is 2.06 bits per heavy atom. The Kier molecular flexibility index (Phi) is 2.92. The van der Waals surface area contributed by atoms with Gasteiger partial charge in [-0.2, -0.15) is 0 Å². The van der Waals surface area contributed by atoms with Gasteiger partial charge in [0.05, 0.1) is 6.33 Å². The van der Waals surface area contributed by atoms with Crippen LogP contribution in [0.4, 0.5) is 0 Å². The molecule has 1 aliphatic heterocycles. The molecule has 1 aromatic heterocycles. The molecule has 1 aliphatic rings. The van der Waals surface area contributed by atoms with Crippen molar-refractivity contribution in [3.8, 4) is 5.69 Å². The molecule has 0 saturated carbocycles. The highest BCUT2D eigenvalue weighted by Gasteiger charge is 2.11. The fraction of sp³-hybridized carbons (Fsp3) is 0.357. The van der Waals surface area contributed by atoms with Crippen molar-refractivity contribution < 1.29 is 0 Å². The maximum absolute atomic E-state index is 4.08. The first-order valence-corrected chi connectivity index (χ1v) is 6.21. The highest BCUT2D eigenvalue weighted by molar-refractivity contribution is 5.35. The van der Waals surface area contributed by atoms with Gasteiger partial charge in [0.1, 0.15) is 0 Å². The molecule has 0 atom stereocenters. The second-order valence-electron chi connectivity index (χ2n) is 4.62. The second kappa shape index (κ2) is 4.72. The average Bonchev–Trinajstić information content (AvgIpc) is 3.01. The number of likely N-dealkylation sites (tertiary alicyclic amines) is 1. The van der Waals surface area contributed by atoms with E-state index in [1.165, 1.54) is 37.2 Å². The molecule has 88 valence electrons. The van der Waals surface area contributed by atoms with E-state index >= 15 is 0 Å². The molecule has 0 bridgehead atoms. The lowest BCUT2D eigenvalue weighted by Crippen LogP contribution is -2.18. The van der Waals surface area contributed by atoms with Crippen molar-refractivity contribution in [1.82, 2.24) is 14.5 Å². The molecule has 1 saturated heterocycles. The highest BCUT2D eigenvalue weighted by atomic mass is 15.1. The highest BCUT2D eigenvalue weighted by Crippen LogP contribution is 2.15. The summed E-state index contributed by atoms with van der Waals surface area (Å²) in [4.78, 5) is 6.60. The summed E-state index contributed by atoms with van der Waals surface area (Å²) in [6.07, 6.45) is 8.33. The first-order chi connectivity index (χ1) is 8.42. The number of hydrogen-bond donors (Lipinski definition) is 0. The maximum Gasteiger partial charge on any atom is 0.0991 e. The molecule has 0 spiro atoms. The van der Waals surface area contributed by atoms with Crippen molar-refractivity contribution in [1.29, 1.82) is 0 Å². The van der Waals surface area contributed by atoms with E-state index < -0.39 is 0 Å². The Labute approximate surface area is 102 Å². The summed E-state index contributed by atoms with van der Waals surface area (Å²) in [5.41, 5.74) is 2.58. The molecular formula is C14H17N3. The van der Waals surface area contributed by atoms with Crippen LogP contribution in [0, 0.1) is 0 Å². The van der Waals surface area contributed by atoms with Gasteiger partial charge in [-0.3, -0.25) is 4.90 Å². The molecule has 2 aromatic rings. The van der Waals surface area contributed by atoms with Gasteiger partial charge in [0.2, 0.25) is 0 Å². The smallest absolute Gasteiger partial charge is 0.0991 e. The summed E-state index contributed by atoms with van der Waals surface area (Å²) in [5.74, 6) is 0. The molecular weight excluding hydrogens is 210 g/mol. The molecule has 3 heteroatoms. The van der Waals surface area contributed by atoms with Crippen LogP contribution < -0.4 is 0 Å². The molecule has 1 fully saturated rings. The van der Waals surface area contributed by atoms with E-state index in [1.807, 2.05) is 23.3 Å². The number of rotatable bonds is 3. The van der Waals surface area contributed by atoms with Gasteiger partial charge >= 0.3 is 0 Å². The van der Waals surface area contributed by atoms with Crippen molar-refractivity contribution in [2.24, 2.45) is 0 Å². The van der Waals surface area contributed by atoms with E-state index in [0.717, 1.165) is 6.54 Å². The summed E-state index contributed by atoms with van der Waals surface area (Å²) in [7, 11) is 0. The predicted octanol–water partition coefficient (Wildman–Crippen LogP) is 2.47. The topological polar surface area (TPSA) is 21.1 Å². The molecule has 0 N–H and O–H groups in total. The van der Waals surface area contributed by atoms with Crippen molar-refractivity contribution >= 4 is 0 Å². The fourth-order valence-electron chi connectivity index (χ4n) is 2.43. The number of benzene rings is 1. The standard InChI is InChI=1S/C14H17N3/c1-2-8-16(7-1)11-13-4-3-5-14(10-13)17-9-6-15-12-17/h3-6,9-10,12H,1-2,7-8,11H2. The lowest BCUT2D eigenvalue weighted by molar-refractivity contribution is 0.331. The molecule has 3 rings (SSSR count). The Bertz CT molecular complexity index is 470. The van der Waals surface area contributed by atoms with E-state index in [-0.39, 0.29) is 0 Å². The van der Waals surface area contributed by atoms with Gasteiger partial charge in [-0.1, -0.05) is 12.1 Å². The Morgan fingerprint density at radius 1 is 1.18 bits per heavy atom. The van der Waals surface area contributed by atoms with Crippen LogP contribution in [-0.2, 0) is 6.54 Å². The summed E-state index contributed by atoms with van der Waals surface area (Å²) in [5, 5.41) is 0. The van der Waals surface area contributed by atoms with Gasteiger partial charge in [0.25, 0.3) is 0 Å². The lowest BCUT2D eigenvalue weighted by atomic mass is 10.2. The summed E-state index contributed by atoms with van der Waals surface area (Å²) in [6, 6.07) is 8.70. The van der Waals surface area contributed by atoms with Crippen LogP contribution in [0.2, 0.25) is 0 Å². The first kappa shape index (κ1) is 10.5. The molecule has 0 aliphatic carbocycles. The van der Waals surface area contributed by atoms with E-state index in [1.54, 1.807) is 0 Å². The maximum atomic E-state index is 4.08. The van der Waals surface area contributed by atoms with Crippen LogP contribution in [-0.4, -0.2) is 27.5 Å². The molecule has 0 unspecified atom stereocenters. The van der Waals surface area contributed by atoms with Gasteiger partial charge in [-0.15, -0.1) is 0 Å². The van der Waals surface area contributed by atoms with Crippen LogP contribution in [0.15, 0.2) is 43.0 Å². The summed E-state index contributed by atoms with van der Waals surface area (Å²) >= 11 is 0. The van der Waals surface area contributed by atoms with Crippen molar-refractivity contribution in [2.75, 3.05) is 13.1 Å². The van der Waals surface area contributed by atoms with Crippen LogP contribution in [0.5, 0.6) is 0 Å². The van der Waals surface area contributed by atoms with Crippen molar-refractivity contribution in [2.45, 2.75) is 19.4 Å². The molecule has 1 aromatic carbocycles. The molecule has 0 radical (unpaired) electrons. The number of aromatic nitrogens is 2. The molecule has 2 heterocycles. The van der Waals surface area contributed by atoms with Crippen molar-refractivity contribution in [3.05, 3.63) is 48.5 Å². The Morgan fingerprint density at radius 3 is 2.82 bits per heavy atom. The van der Waals surface area contributed by atoms with Crippen LogP contribution in [0.25, 0.3) is 5.69 Å². The van der Waals surface area contributed by atoms with E-state index in [4.69, 9.17) is 0 Å². The van der Waals surface area contributed by atoms with Gasteiger partial charge < -0.3 is 4.57 Å². The first-order valence-electron chi connectivity index (χ1n) is 6.21. The fourth-order valence-corrected chi connectivity index (χ4v) is 2.43. The average molecular weight is 227 g/mol. The van der Waals surface area contributed by atoms with Crippen LogP contribution in [0.3, 0.4) is 0 Å². The van der Waals surface area contributed by atoms with E-state index in [2.05, 4.69) is 34.1 Å². The predicted molar refractivity (Wildman–Crippen MR) is 68.1 cm³/mol. The van der Waals surface area contributed by atoms with E-state index in [0.29, 0.717) is 0 Å². The van der Waals surface area contributed by atoms with Crippen LogP contribution >= 0.6 is 0 Å². The van der Waals surface area contributed by atoms with Crippen LogP contribution in [0.1, 0.15) is 18.4 Å². The largest absolute Gasteiger partial charge is 0.306 e. The summed E-state index contributed by atoms with van der Waals surface area (Å²) < 4.78 is 2.05. The molecule has 3 nitrogen and oxygen atoms in total. The minimum absolute atomic E-state index is 1.07. The van der Waals surface area contributed by atoms with Gasteiger partial charge in [0, 0.05) is 24.6 Å². The zero-order valence-corrected chi connectivity index (χ0v) is 9.92. The van der Waals surface area contributed by atoms with Gasteiger partial charge in [-0.05, 0) is 43.6 Å². The Balaban J connectivity index is 1.79. The second-order valence-corrected chi connectivity index (χ2v) is 4.62. The van der Waals surface area contributed by atoms with Gasteiger partial charge in [-0.25, -0.2) is 4.98 Å².